The molecule has 106 valence electrons. The van der Waals surface area contributed by atoms with Gasteiger partial charge in [0.25, 0.3) is 0 Å². The highest BCUT2D eigenvalue weighted by Crippen LogP contribution is 2.18. The molecule has 1 aliphatic heterocycles. The summed E-state index contributed by atoms with van der Waals surface area (Å²) in [6.07, 6.45) is 0.858. The molecule has 0 aliphatic carbocycles. The van der Waals surface area contributed by atoms with E-state index in [4.69, 9.17) is 9.57 Å². The van der Waals surface area contributed by atoms with Crippen molar-refractivity contribution in [1.29, 1.82) is 0 Å². The van der Waals surface area contributed by atoms with E-state index in [0.29, 0.717) is 0 Å². The van der Waals surface area contributed by atoms with Gasteiger partial charge in [-0.3, -0.25) is 4.84 Å². The molecule has 1 fully saturated rings. The summed E-state index contributed by atoms with van der Waals surface area (Å²) in [4.78, 5) is 16.6. The van der Waals surface area contributed by atoms with Crippen LogP contribution in [0, 0.1) is 5.92 Å². The molecule has 6 heteroatoms. The average molecular weight is 260 g/mol. The van der Waals surface area contributed by atoms with Gasteiger partial charge in [-0.25, -0.2) is 4.79 Å². The average Bonchev–Trinajstić information content (AvgIpc) is 2.29. The van der Waals surface area contributed by atoms with Crippen molar-refractivity contribution >= 4 is 6.09 Å². The van der Waals surface area contributed by atoms with E-state index in [0.717, 1.165) is 25.9 Å². The summed E-state index contributed by atoms with van der Waals surface area (Å²) in [7, 11) is 0. The van der Waals surface area contributed by atoms with Crippen LogP contribution < -0.4 is 10.8 Å². The van der Waals surface area contributed by atoms with Crippen molar-refractivity contribution in [2.45, 2.75) is 45.3 Å². The monoisotopic (exact) mass is 260 g/mol. The highest BCUT2D eigenvalue weighted by atomic mass is 16.7. The molecule has 1 amide bonds. The molecule has 1 unspecified atom stereocenters. The van der Waals surface area contributed by atoms with Gasteiger partial charge in [-0.15, -0.1) is 0 Å². The number of piperidine rings is 1. The van der Waals surface area contributed by atoms with Crippen LogP contribution in [-0.2, 0) is 9.57 Å². The van der Waals surface area contributed by atoms with Gasteiger partial charge in [0.2, 0.25) is 0 Å². The molecule has 1 heterocycles. The van der Waals surface area contributed by atoms with E-state index in [1.165, 1.54) is 0 Å². The number of hydroxylamine groups is 1. The minimum Gasteiger partial charge on any atom is -0.442 e. The lowest BCUT2D eigenvalue weighted by atomic mass is 9.93. The smallest absolute Gasteiger partial charge is 0.431 e. The first kappa shape index (κ1) is 15.2. The number of carbonyl (C=O) groups excluding carboxylic acids is 1. The Hall–Kier alpha value is -0.850. The van der Waals surface area contributed by atoms with Crippen LogP contribution in [-0.4, -0.2) is 42.6 Å². The third kappa shape index (κ3) is 5.66. The molecule has 0 saturated carbocycles. The first-order valence-electron chi connectivity index (χ1n) is 6.38. The Balaban J connectivity index is 2.32. The van der Waals surface area contributed by atoms with Crippen LogP contribution in [0.1, 0.15) is 33.6 Å². The van der Waals surface area contributed by atoms with Gasteiger partial charge in [0.05, 0.1) is 6.61 Å². The zero-order chi connectivity index (χ0) is 13.6. The molecule has 0 spiro atoms. The molecule has 0 bridgehead atoms. The summed E-state index contributed by atoms with van der Waals surface area (Å²) in [6.45, 7) is 7.06. The van der Waals surface area contributed by atoms with Crippen LogP contribution in [0.15, 0.2) is 0 Å². The Bertz CT molecular complexity index is 259. The summed E-state index contributed by atoms with van der Waals surface area (Å²) >= 11 is 0. The molecule has 1 aliphatic rings. The van der Waals surface area contributed by atoms with Gasteiger partial charge in [0.15, 0.2) is 0 Å². The molecule has 6 nitrogen and oxygen atoms in total. The lowest BCUT2D eigenvalue weighted by molar-refractivity contribution is -0.0863. The molecule has 3 N–H and O–H groups in total. The lowest BCUT2D eigenvalue weighted by Crippen LogP contribution is -2.42. The molecule has 0 aromatic carbocycles. The van der Waals surface area contributed by atoms with E-state index in [1.807, 2.05) is 0 Å². The predicted octanol–water partition coefficient (Wildman–Crippen LogP) is 0.803. The van der Waals surface area contributed by atoms with Crippen LogP contribution in [0.4, 0.5) is 4.79 Å². The van der Waals surface area contributed by atoms with E-state index in [2.05, 4.69) is 10.8 Å². The van der Waals surface area contributed by atoms with Crippen molar-refractivity contribution in [2.75, 3.05) is 19.7 Å². The minimum atomic E-state index is -0.630. The summed E-state index contributed by atoms with van der Waals surface area (Å²) in [5.74, 6) is 0.256. The number of amides is 1. The Kier molecular flexibility index (Phi) is 5.84. The number of rotatable bonds is 4. The summed E-state index contributed by atoms with van der Waals surface area (Å²) in [6, 6.07) is 0. The molecule has 1 rings (SSSR count). The van der Waals surface area contributed by atoms with E-state index >= 15 is 0 Å². The van der Waals surface area contributed by atoms with E-state index in [1.54, 1.807) is 20.8 Å². The molecular weight excluding hydrogens is 236 g/mol. The zero-order valence-electron chi connectivity index (χ0n) is 11.4. The first-order valence-corrected chi connectivity index (χ1v) is 6.38. The minimum absolute atomic E-state index is 0.111. The maximum atomic E-state index is 11.4. The zero-order valence-corrected chi connectivity index (χ0v) is 11.4. The second kappa shape index (κ2) is 6.92. The second-order valence-electron chi connectivity index (χ2n) is 5.53. The number of nitrogens with one attached hydrogen (secondary N) is 2. The number of ether oxygens (including phenoxy) is 1. The molecular formula is C12H24N2O4. The van der Waals surface area contributed by atoms with Crippen LogP contribution >= 0.6 is 0 Å². The Morgan fingerprint density at radius 1 is 1.44 bits per heavy atom. The van der Waals surface area contributed by atoms with Crippen LogP contribution in [0.2, 0.25) is 0 Å². The Morgan fingerprint density at radius 3 is 2.56 bits per heavy atom. The normalized spacial score (nSPS) is 19.3. The van der Waals surface area contributed by atoms with Gasteiger partial charge in [-0.05, 0) is 52.6 Å². The maximum Gasteiger partial charge on any atom is 0.431 e. The highest BCUT2D eigenvalue weighted by Gasteiger charge is 2.25. The van der Waals surface area contributed by atoms with Crippen LogP contribution in [0.5, 0.6) is 0 Å². The topological polar surface area (TPSA) is 79.8 Å². The molecule has 1 saturated heterocycles. The number of aliphatic hydroxyl groups is 1. The van der Waals surface area contributed by atoms with Gasteiger partial charge in [-0.1, -0.05) is 0 Å². The maximum absolute atomic E-state index is 11.4. The third-order valence-corrected chi connectivity index (χ3v) is 2.78. The Morgan fingerprint density at radius 2 is 2.06 bits per heavy atom. The highest BCUT2D eigenvalue weighted by molar-refractivity contribution is 5.66. The molecule has 0 aromatic rings. The van der Waals surface area contributed by atoms with E-state index in [-0.39, 0.29) is 18.6 Å². The lowest BCUT2D eigenvalue weighted by Gasteiger charge is -2.29. The van der Waals surface area contributed by atoms with Crippen LogP contribution in [0.25, 0.3) is 0 Å². The van der Waals surface area contributed by atoms with Crippen molar-refractivity contribution in [3.05, 3.63) is 0 Å². The number of hydrogen-bond donors (Lipinski definition) is 3. The van der Waals surface area contributed by atoms with Crippen molar-refractivity contribution in [2.24, 2.45) is 5.92 Å². The van der Waals surface area contributed by atoms with Gasteiger partial charge >= 0.3 is 6.09 Å². The quantitative estimate of drug-likeness (QED) is 0.652. The summed E-state index contributed by atoms with van der Waals surface area (Å²) in [5, 5.41) is 12.5. The standard InChI is InChI=1S/C12H24N2O4/c1-12(2,3)17-11(16)14-18-10(8-15)9-4-6-13-7-5-9/h9-10,13,15H,4-8H2,1-3H3,(H,14,16). The fourth-order valence-corrected chi connectivity index (χ4v) is 1.92. The van der Waals surface area contributed by atoms with Gasteiger partial charge < -0.3 is 15.2 Å². The van der Waals surface area contributed by atoms with Crippen LogP contribution in [0.3, 0.4) is 0 Å². The summed E-state index contributed by atoms with van der Waals surface area (Å²) in [5.41, 5.74) is 1.69. The molecule has 0 radical (unpaired) electrons. The van der Waals surface area contributed by atoms with Crippen molar-refractivity contribution < 1.29 is 19.5 Å². The SMILES string of the molecule is CC(C)(C)OC(=O)NOC(CO)C1CCNCC1. The summed E-state index contributed by atoms with van der Waals surface area (Å²) < 4.78 is 5.05. The van der Waals surface area contributed by atoms with Crippen molar-refractivity contribution in [1.82, 2.24) is 10.8 Å². The third-order valence-electron chi connectivity index (χ3n) is 2.78. The van der Waals surface area contributed by atoms with E-state index < -0.39 is 11.7 Å². The first-order chi connectivity index (χ1) is 8.42. The molecule has 18 heavy (non-hydrogen) atoms. The molecule has 1 atom stereocenters. The van der Waals surface area contributed by atoms with Crippen molar-refractivity contribution in [3.63, 3.8) is 0 Å². The molecule has 0 aromatic heterocycles. The fourth-order valence-electron chi connectivity index (χ4n) is 1.92. The number of aliphatic hydroxyl groups excluding tert-OH is 1. The second-order valence-corrected chi connectivity index (χ2v) is 5.53. The van der Waals surface area contributed by atoms with Gasteiger partial charge in [0.1, 0.15) is 11.7 Å². The largest absolute Gasteiger partial charge is 0.442 e. The number of hydrogen-bond acceptors (Lipinski definition) is 5. The van der Waals surface area contributed by atoms with Gasteiger partial charge in [0, 0.05) is 0 Å². The predicted molar refractivity (Wildman–Crippen MR) is 66.9 cm³/mol. The van der Waals surface area contributed by atoms with Gasteiger partial charge in [-0.2, -0.15) is 5.48 Å². The van der Waals surface area contributed by atoms with E-state index in [9.17, 15) is 9.90 Å². The number of carbonyl (C=O) groups is 1. The fraction of sp³-hybridized carbons (Fsp3) is 0.917. The van der Waals surface area contributed by atoms with Crippen molar-refractivity contribution in [3.8, 4) is 0 Å². The Labute approximate surface area is 108 Å².